The highest BCUT2D eigenvalue weighted by molar-refractivity contribution is 5.84. The first-order valence-corrected chi connectivity index (χ1v) is 7.54. The molecule has 0 N–H and O–H groups in total. The fraction of sp³-hybridized carbons (Fsp3) is 0.769. The summed E-state index contributed by atoms with van der Waals surface area (Å²) < 4.78 is 223. The van der Waals surface area contributed by atoms with E-state index in [1.165, 1.54) is 4.74 Å². The van der Waals surface area contributed by atoms with Gasteiger partial charge in [-0.2, -0.15) is 74.6 Å². The summed E-state index contributed by atoms with van der Waals surface area (Å²) in [6.45, 7) is 1.62. The van der Waals surface area contributed by atoms with Gasteiger partial charge in [0.1, 0.15) is 0 Å². The molecule has 0 spiro atoms. The summed E-state index contributed by atoms with van der Waals surface area (Å²) in [5.41, 5.74) is 0. The monoisotopic (exact) mass is 549 g/mol. The Morgan fingerprint density at radius 1 is 0.706 bits per heavy atom. The number of carbonyl (C=O) groups excluding carboxylic acids is 1. The van der Waals surface area contributed by atoms with E-state index in [9.17, 15) is 79.4 Å². The van der Waals surface area contributed by atoms with Crippen molar-refractivity contribution in [2.75, 3.05) is 13.6 Å². The Labute approximate surface area is 175 Å². The fourth-order valence-corrected chi connectivity index (χ4v) is 1.68. The second kappa shape index (κ2) is 8.86. The van der Waals surface area contributed by atoms with Crippen LogP contribution in [0, 0.1) is 0 Å². The highest BCUT2D eigenvalue weighted by Gasteiger charge is 2.85. The number of hydrogen-bond donors (Lipinski definition) is 0. The lowest BCUT2D eigenvalue weighted by Crippen LogP contribution is -2.68. The Morgan fingerprint density at radius 3 is 1.41 bits per heavy atom. The summed E-state index contributed by atoms with van der Waals surface area (Å²) in [6.07, 6.45) is -38.0. The van der Waals surface area contributed by atoms with Crippen LogP contribution in [0.15, 0.2) is 12.7 Å². The maximum atomic E-state index is 14.2. The molecule has 0 heterocycles. The number of amides is 1. The van der Waals surface area contributed by atoms with Crippen LogP contribution in [0.1, 0.15) is 0 Å². The molecule has 0 bridgehead atoms. The number of rotatable bonds is 9. The van der Waals surface area contributed by atoms with Gasteiger partial charge in [0.15, 0.2) is 0 Å². The van der Waals surface area contributed by atoms with Crippen molar-refractivity contribution in [3.05, 3.63) is 12.7 Å². The van der Waals surface area contributed by atoms with Crippen molar-refractivity contribution in [3.63, 3.8) is 0 Å². The predicted molar refractivity (Wildman–Crippen MR) is 70.7 cm³/mol. The molecule has 0 rings (SSSR count). The van der Waals surface area contributed by atoms with Gasteiger partial charge in [0.05, 0.1) is 0 Å². The van der Waals surface area contributed by atoms with E-state index in [0.717, 1.165) is 0 Å². The number of alkyl halides is 17. The van der Waals surface area contributed by atoms with Gasteiger partial charge in [0.25, 0.3) is 5.91 Å². The van der Waals surface area contributed by atoms with Crippen molar-refractivity contribution in [1.29, 1.82) is 0 Å². The number of carbonyl (C=O) groups is 1. The molecule has 0 radical (unpaired) electrons. The molecule has 0 aromatic heterocycles. The van der Waals surface area contributed by atoms with Crippen LogP contribution in [-0.2, 0) is 14.3 Å². The van der Waals surface area contributed by atoms with Gasteiger partial charge in [-0.05, 0) is 0 Å². The third-order valence-electron chi connectivity index (χ3n) is 3.39. The molecule has 202 valence electrons. The minimum Gasteiger partial charge on any atom is -0.337 e. The molecule has 1 amide bonds. The lowest BCUT2D eigenvalue weighted by Gasteiger charge is -2.40. The Balaban J connectivity index is 6.81. The zero-order valence-electron chi connectivity index (χ0n) is 15.6. The van der Waals surface area contributed by atoms with Crippen LogP contribution in [0.5, 0.6) is 0 Å². The second-order valence-corrected chi connectivity index (χ2v) is 5.97. The van der Waals surface area contributed by atoms with Crippen molar-refractivity contribution >= 4 is 5.91 Å². The average molecular weight is 549 g/mol. The molecule has 2 atom stereocenters. The molecular weight excluding hydrogens is 541 g/mol. The topological polar surface area (TPSA) is 38.8 Å². The molecule has 0 aliphatic heterocycles. The van der Waals surface area contributed by atoms with Gasteiger partial charge < -0.3 is 4.90 Å². The van der Waals surface area contributed by atoms with E-state index >= 15 is 0 Å². The molecule has 0 aromatic rings. The number of nitrogens with zero attached hydrogens (tertiary/aromatic N) is 1. The first-order chi connectivity index (χ1) is 14.6. The first kappa shape index (κ1) is 31.9. The largest absolute Gasteiger partial charge is 0.462 e. The van der Waals surface area contributed by atoms with Crippen LogP contribution in [0.2, 0.25) is 0 Å². The molecule has 0 fully saturated rings. The average Bonchev–Trinajstić information content (AvgIpc) is 2.57. The maximum Gasteiger partial charge on any atom is 0.462 e. The van der Waals surface area contributed by atoms with Gasteiger partial charge in [-0.25, -0.2) is 0 Å². The number of likely N-dealkylation sites (N-methyl/N-ethyl adjacent to an activating group) is 1. The number of halogens is 17. The standard InChI is InChI=1S/C13H8F17NO3/c1-3-4-31(2)5(32)6(14,9(18,19)20)33-13(29,30)8(17,11(24,25)26)34-12(27,28)7(15,16)10(21,22)23/h3H,1,4H2,2H3. The molecule has 34 heavy (non-hydrogen) atoms. The lowest BCUT2D eigenvalue weighted by molar-refractivity contribution is -0.548. The highest BCUT2D eigenvalue weighted by Crippen LogP contribution is 2.56. The Kier molecular flexibility index (Phi) is 8.33. The van der Waals surface area contributed by atoms with E-state index in [2.05, 4.69) is 6.58 Å². The lowest BCUT2D eigenvalue weighted by atomic mass is 10.2. The predicted octanol–water partition coefficient (Wildman–Crippen LogP) is 5.50. The van der Waals surface area contributed by atoms with Gasteiger partial charge in [-0.3, -0.25) is 14.3 Å². The van der Waals surface area contributed by atoms with Crippen molar-refractivity contribution in [1.82, 2.24) is 4.90 Å². The maximum absolute atomic E-state index is 14.2. The van der Waals surface area contributed by atoms with Gasteiger partial charge in [0.2, 0.25) is 0 Å². The van der Waals surface area contributed by atoms with E-state index in [1.54, 1.807) is 0 Å². The second-order valence-electron chi connectivity index (χ2n) is 5.97. The van der Waals surface area contributed by atoms with E-state index in [-0.39, 0.29) is 7.05 Å². The zero-order valence-corrected chi connectivity index (χ0v) is 15.6. The minimum atomic E-state index is -8.03. The van der Waals surface area contributed by atoms with E-state index < -0.39 is 65.7 Å². The Hall–Kier alpha value is -2.06. The van der Waals surface area contributed by atoms with Crippen molar-refractivity contribution in [2.45, 2.75) is 48.4 Å². The van der Waals surface area contributed by atoms with Crippen LogP contribution < -0.4 is 0 Å². The molecule has 2 unspecified atom stereocenters. The summed E-state index contributed by atoms with van der Waals surface area (Å²) in [4.78, 5) is 10.9. The molecule has 0 saturated heterocycles. The summed E-state index contributed by atoms with van der Waals surface area (Å²) in [7, 11) is 0.159. The molecule has 4 nitrogen and oxygen atoms in total. The van der Waals surface area contributed by atoms with Crippen molar-refractivity contribution < 1.29 is 88.9 Å². The van der Waals surface area contributed by atoms with Crippen LogP contribution >= 0.6 is 0 Å². The number of hydrogen-bond acceptors (Lipinski definition) is 3. The van der Waals surface area contributed by atoms with Gasteiger partial charge in [0, 0.05) is 13.6 Å². The quantitative estimate of drug-likeness (QED) is 0.282. The van der Waals surface area contributed by atoms with Crippen LogP contribution in [-0.4, -0.2) is 72.8 Å². The smallest absolute Gasteiger partial charge is 0.337 e. The van der Waals surface area contributed by atoms with Crippen LogP contribution in [0.4, 0.5) is 74.6 Å². The summed E-state index contributed by atoms with van der Waals surface area (Å²) >= 11 is 0. The molecule has 0 aromatic carbocycles. The van der Waals surface area contributed by atoms with Crippen LogP contribution in [0.25, 0.3) is 0 Å². The third kappa shape index (κ3) is 5.43. The van der Waals surface area contributed by atoms with Gasteiger partial charge in [-0.15, -0.1) is 6.58 Å². The normalized spacial score (nSPS) is 18.2. The van der Waals surface area contributed by atoms with E-state index in [4.69, 9.17) is 0 Å². The molecule has 0 saturated carbocycles. The van der Waals surface area contributed by atoms with Crippen LogP contribution in [0.3, 0.4) is 0 Å². The van der Waals surface area contributed by atoms with Gasteiger partial charge >= 0.3 is 48.4 Å². The van der Waals surface area contributed by atoms with Gasteiger partial charge in [-0.1, -0.05) is 6.08 Å². The Bertz CT molecular complexity index is 757. The van der Waals surface area contributed by atoms with E-state index in [0.29, 0.717) is 6.08 Å². The summed E-state index contributed by atoms with van der Waals surface area (Å²) in [5, 5.41) is 0. The molecule has 0 aliphatic rings. The van der Waals surface area contributed by atoms with Crippen molar-refractivity contribution in [3.8, 4) is 0 Å². The third-order valence-corrected chi connectivity index (χ3v) is 3.39. The molecular formula is C13H8F17NO3. The van der Waals surface area contributed by atoms with E-state index in [1.807, 2.05) is 4.74 Å². The SMILES string of the molecule is C=CCN(C)C(=O)C(F)(OC(F)(F)C(F)(OC(F)(F)C(F)(F)C(F)(F)F)C(F)(F)F)C(F)(F)F. The number of ether oxygens (including phenoxy) is 2. The molecule has 0 aliphatic carbocycles. The highest BCUT2D eigenvalue weighted by atomic mass is 19.4. The Morgan fingerprint density at radius 2 is 1.12 bits per heavy atom. The first-order valence-electron chi connectivity index (χ1n) is 7.54. The summed E-state index contributed by atoms with van der Waals surface area (Å²) in [6, 6.07) is 0. The fourth-order valence-electron chi connectivity index (χ4n) is 1.68. The van der Waals surface area contributed by atoms with Crippen molar-refractivity contribution in [2.24, 2.45) is 0 Å². The minimum absolute atomic E-state index is 0.159. The zero-order chi connectivity index (χ0) is 28.0. The molecule has 21 heteroatoms. The summed E-state index contributed by atoms with van der Waals surface area (Å²) in [5.74, 6) is -26.0.